The van der Waals surface area contributed by atoms with Gasteiger partial charge in [0, 0.05) is 32.0 Å². The van der Waals surface area contributed by atoms with Crippen molar-refractivity contribution in [1.29, 1.82) is 0 Å². The van der Waals surface area contributed by atoms with Gasteiger partial charge in [0.15, 0.2) is 0 Å². The monoisotopic (exact) mass is 278 g/mol. The summed E-state index contributed by atoms with van der Waals surface area (Å²) in [4.78, 5) is 17.1. The minimum absolute atomic E-state index is 0.0746. The normalized spacial score (nSPS) is 10.4. The Kier molecular flexibility index (Phi) is 4.53. The molecule has 0 bridgehead atoms. The second kappa shape index (κ2) is 6.35. The Labute approximate surface area is 115 Å². The molecule has 0 saturated carbocycles. The average Bonchev–Trinajstić information content (AvgIpc) is 2.89. The third-order valence-electron chi connectivity index (χ3n) is 2.47. The number of anilines is 1. The summed E-state index contributed by atoms with van der Waals surface area (Å²) in [5.74, 6) is -0.0746. The third kappa shape index (κ3) is 3.33. The molecule has 0 aliphatic carbocycles. The lowest BCUT2D eigenvalue weighted by Crippen LogP contribution is -2.31. The van der Waals surface area contributed by atoms with Crippen LogP contribution in [0.3, 0.4) is 0 Å². The quantitative estimate of drug-likeness (QED) is 0.831. The van der Waals surface area contributed by atoms with Crippen molar-refractivity contribution >= 4 is 22.4 Å². The molecule has 7 heteroatoms. The van der Waals surface area contributed by atoms with Gasteiger partial charge in [-0.15, -0.1) is 10.2 Å². The molecule has 0 atom stereocenters. The molecule has 0 saturated heterocycles. The van der Waals surface area contributed by atoms with E-state index in [1.165, 1.54) is 18.3 Å². The Balaban J connectivity index is 2.21. The molecule has 0 spiro atoms. The van der Waals surface area contributed by atoms with Gasteiger partial charge in [-0.25, -0.2) is 0 Å². The van der Waals surface area contributed by atoms with Crippen molar-refractivity contribution in [2.24, 2.45) is 0 Å². The van der Waals surface area contributed by atoms with Crippen molar-refractivity contribution in [3.8, 4) is 10.6 Å². The molecule has 19 heavy (non-hydrogen) atoms. The van der Waals surface area contributed by atoms with E-state index >= 15 is 0 Å². The fourth-order valence-corrected chi connectivity index (χ4v) is 2.43. The molecule has 0 fully saturated rings. The first kappa shape index (κ1) is 13.6. The third-order valence-corrected chi connectivity index (χ3v) is 3.47. The van der Waals surface area contributed by atoms with Gasteiger partial charge in [-0.05, 0) is 12.1 Å². The van der Waals surface area contributed by atoms with Crippen LogP contribution in [-0.2, 0) is 9.53 Å². The van der Waals surface area contributed by atoms with Crippen LogP contribution in [0.2, 0.25) is 0 Å². The number of ether oxygens (including phenoxy) is 1. The minimum Gasteiger partial charge on any atom is -0.383 e. The summed E-state index contributed by atoms with van der Waals surface area (Å²) in [6.07, 6.45) is 3.40. The Morgan fingerprint density at radius 1 is 1.37 bits per heavy atom. The van der Waals surface area contributed by atoms with Crippen LogP contribution in [0.15, 0.2) is 24.5 Å². The topological polar surface area (TPSA) is 68.2 Å². The van der Waals surface area contributed by atoms with Crippen molar-refractivity contribution in [3.63, 3.8) is 0 Å². The zero-order valence-electron chi connectivity index (χ0n) is 10.7. The second-order valence-electron chi connectivity index (χ2n) is 3.79. The maximum absolute atomic E-state index is 11.6. The fraction of sp³-hybridized carbons (Fsp3) is 0.333. The predicted molar refractivity (Wildman–Crippen MR) is 73.0 cm³/mol. The SMILES string of the molecule is COCCN(C(C)=O)c1nnc(-c2ccncc2)s1. The van der Waals surface area contributed by atoms with E-state index in [1.54, 1.807) is 24.4 Å². The molecule has 0 aliphatic heterocycles. The number of aromatic nitrogens is 3. The highest BCUT2D eigenvalue weighted by Crippen LogP contribution is 2.28. The number of rotatable bonds is 5. The molecule has 0 unspecified atom stereocenters. The first-order valence-electron chi connectivity index (χ1n) is 5.73. The molecule has 2 aromatic rings. The van der Waals surface area contributed by atoms with Gasteiger partial charge in [-0.1, -0.05) is 11.3 Å². The summed E-state index contributed by atoms with van der Waals surface area (Å²) in [7, 11) is 1.60. The van der Waals surface area contributed by atoms with Crippen molar-refractivity contribution < 1.29 is 9.53 Å². The number of carbonyl (C=O) groups is 1. The highest BCUT2D eigenvalue weighted by atomic mass is 32.1. The van der Waals surface area contributed by atoms with Crippen LogP contribution in [0.1, 0.15) is 6.92 Å². The molecule has 2 aromatic heterocycles. The smallest absolute Gasteiger partial charge is 0.225 e. The lowest BCUT2D eigenvalue weighted by Gasteiger charge is -2.16. The molecular formula is C12H14N4O2S. The highest BCUT2D eigenvalue weighted by molar-refractivity contribution is 7.18. The van der Waals surface area contributed by atoms with Crippen LogP contribution >= 0.6 is 11.3 Å². The van der Waals surface area contributed by atoms with E-state index in [0.717, 1.165) is 10.6 Å². The first-order chi connectivity index (χ1) is 9.22. The van der Waals surface area contributed by atoms with Crippen LogP contribution in [0.4, 0.5) is 5.13 Å². The van der Waals surface area contributed by atoms with E-state index in [-0.39, 0.29) is 5.91 Å². The van der Waals surface area contributed by atoms with Crippen molar-refractivity contribution in [1.82, 2.24) is 15.2 Å². The number of carbonyl (C=O) groups excluding carboxylic acids is 1. The summed E-state index contributed by atoms with van der Waals surface area (Å²) >= 11 is 1.37. The Hall–Kier alpha value is -1.86. The number of hydrogen-bond acceptors (Lipinski definition) is 6. The maximum Gasteiger partial charge on any atom is 0.225 e. The predicted octanol–water partition coefficient (Wildman–Crippen LogP) is 1.60. The van der Waals surface area contributed by atoms with Gasteiger partial charge in [0.05, 0.1) is 13.2 Å². The molecule has 0 N–H and O–H groups in total. The van der Waals surface area contributed by atoms with Gasteiger partial charge in [-0.3, -0.25) is 14.7 Å². The molecule has 1 amide bonds. The number of methoxy groups -OCH3 is 1. The summed E-state index contributed by atoms with van der Waals surface area (Å²) < 4.78 is 4.99. The molecule has 0 aliphatic rings. The van der Waals surface area contributed by atoms with E-state index in [2.05, 4.69) is 15.2 Å². The molecule has 0 aromatic carbocycles. The minimum atomic E-state index is -0.0746. The molecular weight excluding hydrogens is 264 g/mol. The van der Waals surface area contributed by atoms with E-state index in [4.69, 9.17) is 4.74 Å². The van der Waals surface area contributed by atoms with E-state index in [9.17, 15) is 4.79 Å². The number of nitrogens with zero attached hydrogens (tertiary/aromatic N) is 4. The van der Waals surface area contributed by atoms with Gasteiger partial charge in [-0.2, -0.15) is 0 Å². The Morgan fingerprint density at radius 3 is 2.74 bits per heavy atom. The summed E-state index contributed by atoms with van der Waals surface area (Å²) in [5.41, 5.74) is 0.939. The molecule has 6 nitrogen and oxygen atoms in total. The zero-order valence-corrected chi connectivity index (χ0v) is 11.6. The number of amides is 1. The van der Waals surface area contributed by atoms with Crippen LogP contribution in [0.25, 0.3) is 10.6 Å². The standard InChI is InChI=1S/C12H14N4O2S/c1-9(17)16(7-8-18-2)12-15-14-11(19-12)10-3-5-13-6-4-10/h3-6H,7-8H2,1-2H3. The lowest BCUT2D eigenvalue weighted by molar-refractivity contribution is -0.116. The molecule has 0 radical (unpaired) electrons. The maximum atomic E-state index is 11.6. The van der Waals surface area contributed by atoms with Crippen molar-refractivity contribution in [2.75, 3.05) is 25.2 Å². The van der Waals surface area contributed by atoms with E-state index in [0.29, 0.717) is 18.3 Å². The highest BCUT2D eigenvalue weighted by Gasteiger charge is 2.16. The van der Waals surface area contributed by atoms with Gasteiger partial charge < -0.3 is 4.74 Å². The van der Waals surface area contributed by atoms with Crippen LogP contribution in [0.5, 0.6) is 0 Å². The van der Waals surface area contributed by atoms with E-state index in [1.807, 2.05) is 12.1 Å². The largest absolute Gasteiger partial charge is 0.383 e. The fourth-order valence-electron chi connectivity index (χ4n) is 1.51. The van der Waals surface area contributed by atoms with Gasteiger partial charge in [0.2, 0.25) is 11.0 Å². The van der Waals surface area contributed by atoms with E-state index < -0.39 is 0 Å². The van der Waals surface area contributed by atoms with Gasteiger partial charge >= 0.3 is 0 Å². The Morgan fingerprint density at radius 2 is 2.11 bits per heavy atom. The Bertz CT molecular complexity index is 544. The van der Waals surface area contributed by atoms with Crippen molar-refractivity contribution in [2.45, 2.75) is 6.92 Å². The molecule has 100 valence electrons. The first-order valence-corrected chi connectivity index (χ1v) is 6.55. The second-order valence-corrected chi connectivity index (χ2v) is 4.75. The van der Waals surface area contributed by atoms with Crippen LogP contribution in [0, 0.1) is 0 Å². The summed E-state index contributed by atoms with van der Waals surface area (Å²) in [6.45, 7) is 2.43. The zero-order chi connectivity index (χ0) is 13.7. The molecule has 2 heterocycles. The summed E-state index contributed by atoms with van der Waals surface area (Å²) in [6, 6.07) is 3.72. The van der Waals surface area contributed by atoms with Crippen molar-refractivity contribution in [3.05, 3.63) is 24.5 Å². The lowest BCUT2D eigenvalue weighted by atomic mass is 10.3. The summed E-state index contributed by atoms with van der Waals surface area (Å²) in [5, 5.41) is 9.51. The number of pyridine rings is 1. The number of hydrogen-bond donors (Lipinski definition) is 0. The average molecular weight is 278 g/mol. The van der Waals surface area contributed by atoms with Gasteiger partial charge in [0.1, 0.15) is 5.01 Å². The van der Waals surface area contributed by atoms with Crippen LogP contribution < -0.4 is 4.90 Å². The van der Waals surface area contributed by atoms with Crippen LogP contribution in [-0.4, -0.2) is 41.3 Å². The van der Waals surface area contributed by atoms with Gasteiger partial charge in [0.25, 0.3) is 0 Å². The molecule has 2 rings (SSSR count).